The van der Waals surface area contributed by atoms with Crippen LogP contribution in [0.15, 0.2) is 35.9 Å². The zero-order valence-corrected chi connectivity index (χ0v) is 28.7. The Morgan fingerprint density at radius 3 is 2.29 bits per heavy atom. The van der Waals surface area contributed by atoms with Gasteiger partial charge in [-0.1, -0.05) is 72.2 Å². The summed E-state index contributed by atoms with van der Waals surface area (Å²) in [6.45, 7) is 17.0. The van der Waals surface area contributed by atoms with E-state index in [4.69, 9.17) is 10.5 Å². The minimum absolute atomic E-state index is 0.0222. The lowest BCUT2D eigenvalue weighted by Gasteiger charge is -2.71. The summed E-state index contributed by atoms with van der Waals surface area (Å²) in [5.74, 6) is 1.54. The Hall–Kier alpha value is -2.18. The van der Waals surface area contributed by atoms with Crippen LogP contribution in [0.1, 0.15) is 112 Å². The SMILES string of the molecule is C[C@H]1[C@H](C)CC[C@]2(C(=O)Oc3ccc(C[C@@H](N)C(=O)O)cc3)CC[C@]3(C)C(=CC[C@@H]4[C@@]5(C)CC[C@H](O)C(C)(C)[C@@H]5CC[C@]43C)[C@H]12. The van der Waals surface area contributed by atoms with E-state index in [0.29, 0.717) is 29.4 Å². The fourth-order valence-corrected chi connectivity index (χ4v) is 12.1. The van der Waals surface area contributed by atoms with Crippen LogP contribution in [-0.4, -0.2) is 34.3 Å². The first-order valence-electron chi connectivity index (χ1n) is 17.7. The molecule has 1 aromatic rings. The predicted octanol–water partition coefficient (Wildman–Crippen LogP) is 7.56. The highest BCUT2D eigenvalue weighted by atomic mass is 16.5. The first-order valence-corrected chi connectivity index (χ1v) is 17.7. The van der Waals surface area contributed by atoms with Gasteiger partial charge in [-0.15, -0.1) is 0 Å². The molecule has 248 valence electrons. The van der Waals surface area contributed by atoms with E-state index in [-0.39, 0.29) is 46.1 Å². The summed E-state index contributed by atoms with van der Waals surface area (Å²) < 4.78 is 6.23. The summed E-state index contributed by atoms with van der Waals surface area (Å²) in [6.07, 6.45) is 11.7. The Bertz CT molecular complexity index is 1370. The molecule has 6 nitrogen and oxygen atoms in total. The molecule has 0 saturated heterocycles. The number of rotatable bonds is 5. The molecule has 0 aromatic heterocycles. The van der Waals surface area contributed by atoms with Crippen molar-refractivity contribution < 1.29 is 24.5 Å². The van der Waals surface area contributed by atoms with Crippen molar-refractivity contribution in [1.29, 1.82) is 0 Å². The van der Waals surface area contributed by atoms with Crippen molar-refractivity contribution >= 4 is 11.9 Å². The molecule has 0 aliphatic heterocycles. The number of aliphatic carboxylic acids is 1. The number of carboxylic acid groups (broad SMARTS) is 1. The van der Waals surface area contributed by atoms with E-state index in [0.717, 1.165) is 56.9 Å². The maximum atomic E-state index is 14.4. The molecule has 1 aromatic carbocycles. The number of carbonyl (C=O) groups excluding carboxylic acids is 1. The number of aliphatic hydroxyl groups is 1. The number of ether oxygens (including phenoxy) is 1. The third-order valence-corrected chi connectivity index (χ3v) is 15.3. The van der Waals surface area contributed by atoms with Gasteiger partial charge < -0.3 is 20.7 Å². The molecule has 0 bridgehead atoms. The maximum absolute atomic E-state index is 14.4. The number of nitrogens with two attached hydrogens (primary N) is 1. The highest BCUT2D eigenvalue weighted by molar-refractivity contribution is 5.81. The fraction of sp³-hybridized carbons (Fsp3) is 0.744. The van der Waals surface area contributed by atoms with Gasteiger partial charge in [-0.2, -0.15) is 0 Å². The van der Waals surface area contributed by atoms with E-state index < -0.39 is 17.4 Å². The maximum Gasteiger partial charge on any atom is 0.320 e. The topological polar surface area (TPSA) is 110 Å². The average molecular weight is 620 g/mol. The number of hydrogen-bond donors (Lipinski definition) is 3. The van der Waals surface area contributed by atoms with Crippen LogP contribution in [0, 0.1) is 56.7 Å². The predicted molar refractivity (Wildman–Crippen MR) is 176 cm³/mol. The standard InChI is InChI=1S/C39H57NO5/c1-23-14-19-39(34(44)45-26-10-8-25(9-11-26)22-28(40)33(42)43)21-20-37(6)27(32(39)24(23)2)12-13-30-36(5)17-16-31(41)35(3,4)29(36)15-18-38(30,37)7/h8-12,23-24,28-32,41H,13-22,40H2,1-7H3,(H,42,43)/t23-,24+,28-,29+,30-,31+,32+,36+,37-,38-,39+/m1/s1. The Morgan fingerprint density at radius 1 is 0.933 bits per heavy atom. The lowest BCUT2D eigenvalue weighted by atomic mass is 9.33. The zero-order chi connectivity index (χ0) is 32.7. The summed E-state index contributed by atoms with van der Waals surface area (Å²) >= 11 is 0. The third kappa shape index (κ3) is 4.70. The van der Waals surface area contributed by atoms with Crippen LogP contribution in [0.5, 0.6) is 5.75 Å². The highest BCUT2D eigenvalue weighted by Crippen LogP contribution is 2.75. The molecule has 0 heterocycles. The number of aliphatic hydroxyl groups excluding tert-OH is 1. The van der Waals surface area contributed by atoms with Gasteiger partial charge in [-0.3, -0.25) is 9.59 Å². The summed E-state index contributed by atoms with van der Waals surface area (Å²) in [5.41, 5.74) is 7.82. The van der Waals surface area contributed by atoms with Crippen molar-refractivity contribution in [2.75, 3.05) is 0 Å². The van der Waals surface area contributed by atoms with Crippen LogP contribution in [0.2, 0.25) is 0 Å². The quantitative estimate of drug-likeness (QED) is 0.178. The molecule has 6 rings (SSSR count). The van der Waals surface area contributed by atoms with Gasteiger partial charge in [0, 0.05) is 0 Å². The van der Waals surface area contributed by atoms with Crippen molar-refractivity contribution in [3.05, 3.63) is 41.5 Å². The van der Waals surface area contributed by atoms with Crippen molar-refractivity contribution in [2.24, 2.45) is 62.4 Å². The van der Waals surface area contributed by atoms with Crippen molar-refractivity contribution in [3.8, 4) is 5.75 Å². The first kappa shape index (κ1) is 32.7. The first-order chi connectivity index (χ1) is 21.0. The summed E-state index contributed by atoms with van der Waals surface area (Å²) in [6, 6.07) is 6.23. The second kappa shape index (κ2) is 10.9. The number of fused-ring (bicyclic) bond motifs is 7. The van der Waals surface area contributed by atoms with Gasteiger partial charge in [-0.05, 0) is 133 Å². The van der Waals surface area contributed by atoms with Crippen molar-refractivity contribution in [2.45, 2.75) is 125 Å². The van der Waals surface area contributed by atoms with Crippen LogP contribution in [0.25, 0.3) is 0 Å². The minimum Gasteiger partial charge on any atom is -0.480 e. The van der Waals surface area contributed by atoms with Crippen LogP contribution >= 0.6 is 0 Å². The normalized spacial score (nSPS) is 44.2. The van der Waals surface area contributed by atoms with Crippen molar-refractivity contribution in [1.82, 2.24) is 0 Å². The minimum atomic E-state index is -1.03. The molecule has 11 atom stereocenters. The zero-order valence-electron chi connectivity index (χ0n) is 28.7. The van der Waals surface area contributed by atoms with Gasteiger partial charge in [-0.25, -0.2) is 0 Å². The lowest BCUT2D eigenvalue weighted by Crippen LogP contribution is -2.65. The van der Waals surface area contributed by atoms with E-state index in [1.54, 1.807) is 12.1 Å². The second-order valence-corrected chi connectivity index (χ2v) is 17.4. The molecule has 0 radical (unpaired) electrons. The van der Waals surface area contributed by atoms with Crippen LogP contribution in [0.3, 0.4) is 0 Å². The van der Waals surface area contributed by atoms with Gasteiger partial charge in [0.1, 0.15) is 11.8 Å². The van der Waals surface area contributed by atoms with E-state index >= 15 is 0 Å². The van der Waals surface area contributed by atoms with Gasteiger partial charge in [0.15, 0.2) is 0 Å². The molecule has 5 aliphatic carbocycles. The van der Waals surface area contributed by atoms with Crippen LogP contribution < -0.4 is 10.5 Å². The molecule has 5 aliphatic rings. The summed E-state index contributed by atoms with van der Waals surface area (Å²) in [4.78, 5) is 25.6. The van der Waals surface area contributed by atoms with Crippen LogP contribution in [0.4, 0.5) is 0 Å². The van der Waals surface area contributed by atoms with E-state index in [9.17, 15) is 19.8 Å². The van der Waals surface area contributed by atoms with Gasteiger partial charge in [0.2, 0.25) is 0 Å². The number of carboxylic acids is 1. The van der Waals surface area contributed by atoms with E-state index in [1.165, 1.54) is 12.0 Å². The molecule has 0 spiro atoms. The van der Waals surface area contributed by atoms with Gasteiger partial charge >= 0.3 is 11.9 Å². The number of benzene rings is 1. The lowest BCUT2D eigenvalue weighted by molar-refractivity contribution is -0.206. The molecule has 0 amide bonds. The monoisotopic (exact) mass is 619 g/mol. The Balaban J connectivity index is 1.32. The van der Waals surface area contributed by atoms with E-state index in [1.807, 2.05) is 12.1 Å². The Labute approximate surface area is 270 Å². The molecule has 45 heavy (non-hydrogen) atoms. The van der Waals surface area contributed by atoms with Gasteiger partial charge in [0.25, 0.3) is 0 Å². The average Bonchev–Trinajstić information content (AvgIpc) is 2.98. The van der Waals surface area contributed by atoms with Gasteiger partial charge in [0.05, 0.1) is 11.5 Å². The number of carbonyl (C=O) groups is 2. The molecule has 6 heteroatoms. The highest BCUT2D eigenvalue weighted by Gasteiger charge is 2.69. The van der Waals surface area contributed by atoms with Crippen LogP contribution in [-0.2, 0) is 16.0 Å². The number of esters is 1. The molecule has 0 unspecified atom stereocenters. The third-order valence-electron chi connectivity index (χ3n) is 15.3. The number of allylic oxidation sites excluding steroid dienone is 2. The largest absolute Gasteiger partial charge is 0.480 e. The summed E-state index contributed by atoms with van der Waals surface area (Å²) in [5, 5.41) is 20.2. The fourth-order valence-electron chi connectivity index (χ4n) is 12.1. The molecule has 4 fully saturated rings. The number of hydrogen-bond acceptors (Lipinski definition) is 5. The Morgan fingerprint density at radius 2 is 1.62 bits per heavy atom. The van der Waals surface area contributed by atoms with E-state index in [2.05, 4.69) is 54.5 Å². The summed E-state index contributed by atoms with van der Waals surface area (Å²) in [7, 11) is 0. The molecular formula is C39H57NO5. The molecule has 4 saturated carbocycles. The molecule has 4 N–H and O–H groups in total. The molecular weight excluding hydrogens is 562 g/mol. The Kier molecular flexibility index (Phi) is 7.96. The smallest absolute Gasteiger partial charge is 0.320 e. The van der Waals surface area contributed by atoms with Crippen molar-refractivity contribution in [3.63, 3.8) is 0 Å². The second-order valence-electron chi connectivity index (χ2n) is 17.4.